The quantitative estimate of drug-likeness (QED) is 0.848. The van der Waals surface area contributed by atoms with Crippen molar-refractivity contribution in [2.75, 3.05) is 31.6 Å². The molecule has 0 bridgehead atoms. The maximum absolute atomic E-state index is 11.9. The molecule has 0 aromatic heterocycles. The summed E-state index contributed by atoms with van der Waals surface area (Å²) in [6.45, 7) is 8.89. The van der Waals surface area contributed by atoms with E-state index in [1.807, 2.05) is 25.1 Å². The lowest BCUT2D eigenvalue weighted by molar-refractivity contribution is 0.233. The van der Waals surface area contributed by atoms with E-state index in [4.69, 9.17) is 4.74 Å². The van der Waals surface area contributed by atoms with E-state index in [9.17, 15) is 4.79 Å². The molecule has 2 amide bonds. The SMILES string of the molecule is COc1ccccc1N1CCC(CNC(=O)NC(C)C(C)C)C1. The minimum atomic E-state index is -0.0676. The first kappa shape index (κ1) is 17.4. The molecule has 2 unspecified atom stereocenters. The number of amides is 2. The van der Waals surface area contributed by atoms with Crippen molar-refractivity contribution in [3.05, 3.63) is 24.3 Å². The highest BCUT2D eigenvalue weighted by molar-refractivity contribution is 5.74. The van der Waals surface area contributed by atoms with E-state index in [0.717, 1.165) is 30.9 Å². The van der Waals surface area contributed by atoms with Crippen molar-refractivity contribution in [3.63, 3.8) is 0 Å². The van der Waals surface area contributed by atoms with Crippen molar-refractivity contribution in [2.45, 2.75) is 33.2 Å². The third-order valence-corrected chi connectivity index (χ3v) is 4.62. The number of hydrogen-bond acceptors (Lipinski definition) is 3. The first-order valence-corrected chi connectivity index (χ1v) is 8.43. The molecular weight excluding hydrogens is 290 g/mol. The molecule has 1 aromatic rings. The van der Waals surface area contributed by atoms with Crippen LogP contribution in [0.3, 0.4) is 0 Å². The van der Waals surface area contributed by atoms with Crippen LogP contribution >= 0.6 is 0 Å². The number of carbonyl (C=O) groups is 1. The van der Waals surface area contributed by atoms with Crippen molar-refractivity contribution in [2.24, 2.45) is 11.8 Å². The van der Waals surface area contributed by atoms with Gasteiger partial charge in [-0.2, -0.15) is 0 Å². The van der Waals surface area contributed by atoms with Crippen molar-refractivity contribution < 1.29 is 9.53 Å². The van der Waals surface area contributed by atoms with E-state index in [1.165, 1.54) is 0 Å². The standard InChI is InChI=1S/C18H29N3O2/c1-13(2)14(3)20-18(22)19-11-15-9-10-21(12-15)16-7-5-6-8-17(16)23-4/h5-8,13-15H,9-12H2,1-4H3,(H2,19,20,22). The number of benzene rings is 1. The average molecular weight is 319 g/mol. The van der Waals surface area contributed by atoms with Gasteiger partial charge in [0.2, 0.25) is 0 Å². The first-order chi connectivity index (χ1) is 11.0. The Bertz CT molecular complexity index is 519. The fourth-order valence-corrected chi connectivity index (χ4v) is 2.77. The summed E-state index contributed by atoms with van der Waals surface area (Å²) >= 11 is 0. The maximum atomic E-state index is 11.9. The van der Waals surface area contributed by atoms with Gasteiger partial charge >= 0.3 is 6.03 Å². The molecular formula is C18H29N3O2. The van der Waals surface area contributed by atoms with Crippen LogP contribution in [0.5, 0.6) is 5.75 Å². The van der Waals surface area contributed by atoms with Gasteiger partial charge in [0.25, 0.3) is 0 Å². The number of rotatable bonds is 6. The number of carbonyl (C=O) groups excluding carboxylic acids is 1. The van der Waals surface area contributed by atoms with Gasteiger partial charge in [-0.15, -0.1) is 0 Å². The Labute approximate surface area is 139 Å². The molecule has 2 atom stereocenters. The lowest BCUT2D eigenvalue weighted by atomic mass is 10.1. The highest BCUT2D eigenvalue weighted by Gasteiger charge is 2.25. The third kappa shape index (κ3) is 4.78. The second-order valence-electron chi connectivity index (χ2n) is 6.66. The number of ether oxygens (including phenoxy) is 1. The smallest absolute Gasteiger partial charge is 0.315 e. The van der Waals surface area contributed by atoms with E-state index in [-0.39, 0.29) is 12.1 Å². The van der Waals surface area contributed by atoms with Gasteiger partial charge in [-0.1, -0.05) is 26.0 Å². The molecule has 2 N–H and O–H groups in total. The molecule has 2 rings (SSSR count). The highest BCUT2D eigenvalue weighted by atomic mass is 16.5. The minimum absolute atomic E-state index is 0.0676. The molecule has 128 valence electrons. The fraction of sp³-hybridized carbons (Fsp3) is 0.611. The molecule has 5 heteroatoms. The largest absolute Gasteiger partial charge is 0.495 e. The van der Waals surface area contributed by atoms with Crippen LogP contribution in [0.25, 0.3) is 0 Å². The Morgan fingerprint density at radius 1 is 1.35 bits per heavy atom. The second kappa shape index (κ2) is 8.09. The molecule has 5 nitrogen and oxygen atoms in total. The van der Waals surface area contributed by atoms with Crippen LogP contribution < -0.4 is 20.3 Å². The number of anilines is 1. The van der Waals surface area contributed by atoms with Crippen LogP contribution in [0.1, 0.15) is 27.2 Å². The van der Waals surface area contributed by atoms with Gasteiger partial charge in [0.15, 0.2) is 0 Å². The molecule has 1 heterocycles. The van der Waals surface area contributed by atoms with Crippen LogP contribution in [-0.2, 0) is 0 Å². The van der Waals surface area contributed by atoms with Crippen molar-refractivity contribution in [1.82, 2.24) is 10.6 Å². The van der Waals surface area contributed by atoms with Gasteiger partial charge in [-0.25, -0.2) is 4.79 Å². The predicted octanol–water partition coefficient (Wildman–Crippen LogP) is 2.87. The molecule has 23 heavy (non-hydrogen) atoms. The Kier molecular flexibility index (Phi) is 6.13. The van der Waals surface area contributed by atoms with E-state index in [2.05, 4.69) is 35.4 Å². The molecule has 0 saturated carbocycles. The summed E-state index contributed by atoms with van der Waals surface area (Å²) in [5, 5.41) is 5.98. The van der Waals surface area contributed by atoms with E-state index in [0.29, 0.717) is 18.4 Å². The third-order valence-electron chi connectivity index (χ3n) is 4.62. The Morgan fingerprint density at radius 2 is 2.09 bits per heavy atom. The Balaban J connectivity index is 1.81. The van der Waals surface area contributed by atoms with Gasteiger partial charge in [-0.3, -0.25) is 0 Å². The predicted molar refractivity (Wildman–Crippen MR) is 94.1 cm³/mol. The molecule has 1 fully saturated rings. The summed E-state index contributed by atoms with van der Waals surface area (Å²) in [4.78, 5) is 14.2. The zero-order valence-electron chi connectivity index (χ0n) is 14.6. The van der Waals surface area contributed by atoms with Crippen molar-refractivity contribution in [1.29, 1.82) is 0 Å². The summed E-state index contributed by atoms with van der Waals surface area (Å²) in [5.74, 6) is 1.82. The number of para-hydroxylation sites is 2. The van der Waals surface area contributed by atoms with Gasteiger partial charge in [0, 0.05) is 25.7 Å². The number of nitrogens with zero attached hydrogens (tertiary/aromatic N) is 1. The molecule has 1 aliphatic rings. The van der Waals surface area contributed by atoms with Crippen LogP contribution in [-0.4, -0.2) is 38.8 Å². The summed E-state index contributed by atoms with van der Waals surface area (Å²) in [6.07, 6.45) is 1.08. The molecule has 0 radical (unpaired) electrons. The molecule has 0 aliphatic carbocycles. The van der Waals surface area contributed by atoms with Crippen LogP contribution in [0, 0.1) is 11.8 Å². The Hall–Kier alpha value is -1.91. The van der Waals surface area contributed by atoms with Crippen LogP contribution in [0.2, 0.25) is 0 Å². The molecule has 1 aliphatic heterocycles. The first-order valence-electron chi connectivity index (χ1n) is 8.43. The van der Waals surface area contributed by atoms with Crippen molar-refractivity contribution >= 4 is 11.7 Å². The summed E-state index contributed by atoms with van der Waals surface area (Å²) in [5.41, 5.74) is 1.13. The average Bonchev–Trinajstić information content (AvgIpc) is 3.01. The summed E-state index contributed by atoms with van der Waals surface area (Å²) in [6, 6.07) is 8.21. The van der Waals surface area contributed by atoms with E-state index >= 15 is 0 Å². The fourth-order valence-electron chi connectivity index (χ4n) is 2.77. The Morgan fingerprint density at radius 3 is 2.78 bits per heavy atom. The zero-order chi connectivity index (χ0) is 16.8. The highest BCUT2D eigenvalue weighted by Crippen LogP contribution is 2.31. The number of hydrogen-bond donors (Lipinski definition) is 2. The van der Waals surface area contributed by atoms with Gasteiger partial charge in [0.1, 0.15) is 5.75 Å². The summed E-state index contributed by atoms with van der Waals surface area (Å²) in [7, 11) is 1.70. The number of urea groups is 1. The topological polar surface area (TPSA) is 53.6 Å². The van der Waals surface area contributed by atoms with Gasteiger partial charge < -0.3 is 20.3 Å². The van der Waals surface area contributed by atoms with E-state index in [1.54, 1.807) is 7.11 Å². The number of methoxy groups -OCH3 is 1. The van der Waals surface area contributed by atoms with E-state index < -0.39 is 0 Å². The zero-order valence-corrected chi connectivity index (χ0v) is 14.6. The molecule has 1 aromatic carbocycles. The summed E-state index contributed by atoms with van der Waals surface area (Å²) < 4.78 is 5.44. The lowest BCUT2D eigenvalue weighted by Crippen LogP contribution is -2.44. The van der Waals surface area contributed by atoms with Gasteiger partial charge in [-0.05, 0) is 37.3 Å². The van der Waals surface area contributed by atoms with Crippen LogP contribution in [0.15, 0.2) is 24.3 Å². The number of nitrogens with one attached hydrogen (secondary N) is 2. The molecule has 0 spiro atoms. The molecule has 1 saturated heterocycles. The second-order valence-corrected chi connectivity index (χ2v) is 6.66. The van der Waals surface area contributed by atoms with Crippen molar-refractivity contribution in [3.8, 4) is 5.75 Å². The van der Waals surface area contributed by atoms with Crippen LogP contribution in [0.4, 0.5) is 10.5 Å². The maximum Gasteiger partial charge on any atom is 0.315 e. The monoisotopic (exact) mass is 319 g/mol. The lowest BCUT2D eigenvalue weighted by Gasteiger charge is -2.22. The normalized spacial score (nSPS) is 18.8. The minimum Gasteiger partial charge on any atom is -0.495 e. The van der Waals surface area contributed by atoms with Gasteiger partial charge in [0.05, 0.1) is 12.8 Å².